The third-order valence-electron chi connectivity index (χ3n) is 4.55. The summed E-state index contributed by atoms with van der Waals surface area (Å²) in [6.07, 6.45) is 5.74. The van der Waals surface area contributed by atoms with Gasteiger partial charge in [-0.25, -0.2) is 9.97 Å². The van der Waals surface area contributed by atoms with Gasteiger partial charge in [0, 0.05) is 43.1 Å². The lowest BCUT2D eigenvalue weighted by molar-refractivity contribution is 0.0937. The molecule has 1 aromatic carbocycles. The van der Waals surface area contributed by atoms with Gasteiger partial charge in [-0.1, -0.05) is 24.3 Å². The molecule has 7 heteroatoms. The topological polar surface area (TPSA) is 80.2 Å². The highest BCUT2D eigenvalue weighted by atomic mass is 16.5. The van der Waals surface area contributed by atoms with Gasteiger partial charge in [0.15, 0.2) is 5.82 Å². The first-order valence-electron chi connectivity index (χ1n) is 8.51. The van der Waals surface area contributed by atoms with Gasteiger partial charge in [0.25, 0.3) is 11.8 Å². The van der Waals surface area contributed by atoms with Gasteiger partial charge in [0.05, 0.1) is 7.11 Å². The number of nitrogens with zero attached hydrogens (tertiary/aromatic N) is 4. The molecule has 1 atom stereocenters. The number of methoxy groups -OCH3 is 1. The molecule has 1 fully saturated rings. The summed E-state index contributed by atoms with van der Waals surface area (Å²) in [4.78, 5) is 27.6. The third-order valence-corrected chi connectivity index (χ3v) is 4.55. The van der Waals surface area contributed by atoms with E-state index in [-0.39, 0.29) is 11.9 Å². The van der Waals surface area contributed by atoms with Crippen LogP contribution in [0.4, 0.5) is 5.82 Å². The van der Waals surface area contributed by atoms with Crippen LogP contribution < -0.4 is 15.0 Å². The molecule has 0 aliphatic carbocycles. The van der Waals surface area contributed by atoms with Crippen molar-refractivity contribution in [2.75, 3.05) is 25.1 Å². The Morgan fingerprint density at radius 1 is 1.15 bits per heavy atom. The number of pyridine rings is 1. The number of rotatable bonds is 4. The van der Waals surface area contributed by atoms with E-state index >= 15 is 0 Å². The molecule has 132 valence electrons. The van der Waals surface area contributed by atoms with Gasteiger partial charge in [-0.2, -0.15) is 0 Å². The molecule has 1 N–H and O–H groups in total. The molecule has 4 rings (SSSR count). The zero-order chi connectivity index (χ0) is 17.9. The second-order valence-corrected chi connectivity index (χ2v) is 6.17. The summed E-state index contributed by atoms with van der Waals surface area (Å²) in [6, 6.07) is 9.69. The highest BCUT2D eigenvalue weighted by Gasteiger charge is 2.28. The average molecular weight is 349 g/mol. The number of aromatic nitrogens is 3. The first-order valence-corrected chi connectivity index (χ1v) is 8.51. The average Bonchev–Trinajstić information content (AvgIpc) is 3.15. The van der Waals surface area contributed by atoms with Crippen LogP contribution >= 0.6 is 0 Å². The van der Waals surface area contributed by atoms with Crippen LogP contribution in [0.15, 0.2) is 48.9 Å². The summed E-state index contributed by atoms with van der Waals surface area (Å²) in [7, 11) is 1.58. The van der Waals surface area contributed by atoms with Gasteiger partial charge in [-0.05, 0) is 17.9 Å². The number of carbonyl (C=O) groups excluding carboxylic acids is 1. The van der Waals surface area contributed by atoms with Crippen LogP contribution in [0.2, 0.25) is 0 Å². The number of benzene rings is 1. The van der Waals surface area contributed by atoms with Crippen molar-refractivity contribution in [3.05, 3.63) is 54.6 Å². The van der Waals surface area contributed by atoms with Crippen LogP contribution in [0.3, 0.4) is 0 Å². The van der Waals surface area contributed by atoms with Crippen LogP contribution in [0.5, 0.6) is 5.88 Å². The minimum Gasteiger partial charge on any atom is -0.478 e. The SMILES string of the molecule is COc1nccnc1N1CC[C@H](NC(=O)c2nccc3ccccc23)C1. The van der Waals surface area contributed by atoms with Crippen LogP contribution in [-0.2, 0) is 0 Å². The maximum atomic E-state index is 12.7. The standard InChI is InChI=1S/C19H19N5O2/c1-26-19-17(21-9-10-22-19)24-11-7-14(12-24)23-18(25)16-15-5-3-2-4-13(15)6-8-20-16/h2-6,8-10,14H,7,11-12H2,1H3,(H,23,25)/t14-/m0/s1. The molecule has 1 aliphatic rings. The summed E-state index contributed by atoms with van der Waals surface area (Å²) >= 11 is 0. The number of hydrogen-bond donors (Lipinski definition) is 1. The lowest BCUT2D eigenvalue weighted by Gasteiger charge is -2.19. The van der Waals surface area contributed by atoms with E-state index in [2.05, 4.69) is 25.2 Å². The molecule has 1 amide bonds. The van der Waals surface area contributed by atoms with Gasteiger partial charge in [0.2, 0.25) is 0 Å². The second-order valence-electron chi connectivity index (χ2n) is 6.17. The van der Waals surface area contributed by atoms with Crippen molar-refractivity contribution in [2.24, 2.45) is 0 Å². The summed E-state index contributed by atoms with van der Waals surface area (Å²) in [6.45, 7) is 1.44. The van der Waals surface area contributed by atoms with E-state index in [9.17, 15) is 4.79 Å². The largest absolute Gasteiger partial charge is 0.478 e. The van der Waals surface area contributed by atoms with Crippen molar-refractivity contribution < 1.29 is 9.53 Å². The Hall–Kier alpha value is -3.22. The van der Waals surface area contributed by atoms with Gasteiger partial charge < -0.3 is 15.0 Å². The fourth-order valence-electron chi connectivity index (χ4n) is 3.30. The monoisotopic (exact) mass is 349 g/mol. The molecule has 1 saturated heterocycles. The fourth-order valence-corrected chi connectivity index (χ4v) is 3.30. The quantitative estimate of drug-likeness (QED) is 0.776. The maximum absolute atomic E-state index is 12.7. The summed E-state index contributed by atoms with van der Waals surface area (Å²) < 4.78 is 5.28. The van der Waals surface area contributed by atoms with Crippen molar-refractivity contribution in [3.63, 3.8) is 0 Å². The Morgan fingerprint density at radius 3 is 2.88 bits per heavy atom. The number of fused-ring (bicyclic) bond motifs is 1. The Balaban J connectivity index is 1.49. The van der Waals surface area contributed by atoms with E-state index in [4.69, 9.17) is 4.74 Å². The van der Waals surface area contributed by atoms with Gasteiger partial charge in [-0.3, -0.25) is 9.78 Å². The summed E-state index contributed by atoms with van der Waals surface area (Å²) in [5.74, 6) is 1.05. The number of ether oxygens (including phenoxy) is 1. The summed E-state index contributed by atoms with van der Waals surface area (Å²) in [5, 5.41) is 4.96. The highest BCUT2D eigenvalue weighted by molar-refractivity contribution is 6.05. The Morgan fingerprint density at radius 2 is 2.00 bits per heavy atom. The predicted octanol–water partition coefficient (Wildman–Crippen LogP) is 2.04. The van der Waals surface area contributed by atoms with Gasteiger partial charge in [-0.15, -0.1) is 0 Å². The maximum Gasteiger partial charge on any atom is 0.270 e. The zero-order valence-electron chi connectivity index (χ0n) is 14.4. The molecule has 2 aromatic heterocycles. The van der Waals surface area contributed by atoms with Crippen molar-refractivity contribution in [3.8, 4) is 5.88 Å². The Bertz CT molecular complexity index is 941. The summed E-state index contributed by atoms with van der Waals surface area (Å²) in [5.41, 5.74) is 0.457. The number of carbonyl (C=O) groups is 1. The predicted molar refractivity (Wildman–Crippen MR) is 98.4 cm³/mol. The number of hydrogen-bond acceptors (Lipinski definition) is 6. The van der Waals surface area contributed by atoms with Crippen molar-refractivity contribution in [2.45, 2.75) is 12.5 Å². The molecule has 3 aromatic rings. The minimum absolute atomic E-state index is 0.0231. The molecular formula is C19H19N5O2. The molecule has 0 unspecified atom stereocenters. The van der Waals surface area contributed by atoms with Crippen LogP contribution in [0.25, 0.3) is 10.8 Å². The molecular weight excluding hydrogens is 330 g/mol. The van der Waals surface area contributed by atoms with E-state index in [0.29, 0.717) is 23.9 Å². The van der Waals surface area contributed by atoms with E-state index in [1.54, 1.807) is 25.7 Å². The fraction of sp³-hybridized carbons (Fsp3) is 0.263. The molecule has 0 saturated carbocycles. The number of nitrogens with one attached hydrogen (secondary N) is 1. The van der Waals surface area contributed by atoms with E-state index in [1.165, 1.54) is 0 Å². The van der Waals surface area contributed by atoms with Gasteiger partial charge in [0.1, 0.15) is 5.69 Å². The minimum atomic E-state index is -0.153. The highest BCUT2D eigenvalue weighted by Crippen LogP contribution is 2.26. The van der Waals surface area contributed by atoms with Crippen LogP contribution in [-0.4, -0.2) is 47.1 Å². The van der Waals surface area contributed by atoms with Crippen molar-refractivity contribution in [1.82, 2.24) is 20.3 Å². The Kier molecular flexibility index (Phi) is 4.35. The first-order chi connectivity index (χ1) is 12.8. The molecule has 0 bridgehead atoms. The zero-order valence-corrected chi connectivity index (χ0v) is 14.4. The number of anilines is 1. The lowest BCUT2D eigenvalue weighted by Crippen LogP contribution is -2.37. The molecule has 26 heavy (non-hydrogen) atoms. The molecule has 0 radical (unpaired) electrons. The molecule has 0 spiro atoms. The first kappa shape index (κ1) is 16.3. The molecule has 7 nitrogen and oxygen atoms in total. The normalized spacial score (nSPS) is 16.7. The van der Waals surface area contributed by atoms with E-state index in [1.807, 2.05) is 30.3 Å². The third kappa shape index (κ3) is 3.03. The molecule has 1 aliphatic heterocycles. The van der Waals surface area contributed by atoms with Crippen molar-refractivity contribution >= 4 is 22.5 Å². The Labute approximate surface area is 151 Å². The van der Waals surface area contributed by atoms with Crippen LogP contribution in [0.1, 0.15) is 16.9 Å². The second kappa shape index (κ2) is 6.95. The van der Waals surface area contributed by atoms with E-state index < -0.39 is 0 Å². The van der Waals surface area contributed by atoms with Gasteiger partial charge >= 0.3 is 0 Å². The lowest BCUT2D eigenvalue weighted by atomic mass is 10.1. The smallest absolute Gasteiger partial charge is 0.270 e. The number of amides is 1. The molecule has 3 heterocycles. The van der Waals surface area contributed by atoms with Crippen LogP contribution in [0, 0.1) is 0 Å². The van der Waals surface area contributed by atoms with Crippen molar-refractivity contribution in [1.29, 1.82) is 0 Å². The van der Waals surface area contributed by atoms with E-state index in [0.717, 1.165) is 23.7 Å².